The molecule has 0 aliphatic rings. The summed E-state index contributed by atoms with van der Waals surface area (Å²) in [5.74, 6) is 0.485. The van der Waals surface area contributed by atoms with E-state index >= 15 is 0 Å². The molecule has 6 aromatic heterocycles. The topological polar surface area (TPSA) is 138 Å². The van der Waals surface area contributed by atoms with E-state index in [-0.39, 0.29) is 5.91 Å². The van der Waals surface area contributed by atoms with Crippen molar-refractivity contribution in [2.45, 2.75) is 20.8 Å². The number of nitrogens with zero attached hydrogens (tertiary/aromatic N) is 5. The minimum atomic E-state index is -0.515. The van der Waals surface area contributed by atoms with Gasteiger partial charge in [0.25, 0.3) is 0 Å². The number of fused-ring (bicyclic) bond motifs is 2. The Balaban J connectivity index is 1.40. The van der Waals surface area contributed by atoms with E-state index in [0.29, 0.717) is 33.9 Å². The Labute approximate surface area is 205 Å². The second kappa shape index (κ2) is 8.12. The molecule has 10 heteroatoms. The quantitative estimate of drug-likeness (QED) is 0.316. The van der Waals surface area contributed by atoms with Gasteiger partial charge in [0.05, 0.1) is 41.1 Å². The highest BCUT2D eigenvalue weighted by Gasteiger charge is 2.22. The zero-order valence-electron chi connectivity index (χ0n) is 19.8. The number of hydrogen-bond donors (Lipinski definition) is 3. The smallest absolute Gasteiger partial charge is 0.229 e. The number of rotatable bonds is 4. The van der Waals surface area contributed by atoms with E-state index < -0.39 is 5.41 Å². The van der Waals surface area contributed by atoms with Crippen molar-refractivity contribution in [3.63, 3.8) is 0 Å². The molecule has 0 fully saturated rings. The molecule has 0 bridgehead atoms. The molecule has 36 heavy (non-hydrogen) atoms. The van der Waals surface area contributed by atoms with Crippen LogP contribution in [0.3, 0.4) is 0 Å². The van der Waals surface area contributed by atoms with Crippen molar-refractivity contribution in [2.24, 2.45) is 5.41 Å². The fourth-order valence-corrected chi connectivity index (χ4v) is 3.85. The van der Waals surface area contributed by atoms with Gasteiger partial charge in [-0.1, -0.05) is 20.8 Å². The van der Waals surface area contributed by atoms with Crippen LogP contribution in [0.25, 0.3) is 56.1 Å². The highest BCUT2D eigenvalue weighted by molar-refractivity contribution is 5.96. The summed E-state index contributed by atoms with van der Waals surface area (Å²) in [7, 11) is 0. The largest absolute Gasteiger partial charge is 0.472 e. The third kappa shape index (κ3) is 3.78. The van der Waals surface area contributed by atoms with Crippen LogP contribution in [0.4, 0.5) is 5.69 Å². The number of H-pyrrole nitrogens is 2. The Bertz CT molecular complexity index is 1720. The number of imidazole rings is 1. The monoisotopic (exact) mass is 478 g/mol. The van der Waals surface area contributed by atoms with Crippen molar-refractivity contribution in [1.29, 1.82) is 0 Å². The predicted molar refractivity (Wildman–Crippen MR) is 136 cm³/mol. The Morgan fingerprint density at radius 2 is 1.83 bits per heavy atom. The van der Waals surface area contributed by atoms with Gasteiger partial charge in [0.1, 0.15) is 16.7 Å². The molecule has 1 amide bonds. The first-order chi connectivity index (χ1) is 17.4. The summed E-state index contributed by atoms with van der Waals surface area (Å²) in [6.07, 6.45) is 8.30. The normalized spacial score (nSPS) is 11.9. The maximum atomic E-state index is 12.4. The molecule has 3 N–H and O–H groups in total. The third-order valence-electron chi connectivity index (χ3n) is 5.80. The van der Waals surface area contributed by atoms with Gasteiger partial charge >= 0.3 is 0 Å². The number of carbonyl (C=O) groups excluding carboxylic acids is 1. The lowest BCUT2D eigenvalue weighted by Gasteiger charge is -2.17. The third-order valence-corrected chi connectivity index (χ3v) is 5.80. The number of aromatic nitrogens is 7. The Kier molecular flexibility index (Phi) is 4.89. The molecule has 0 aliphatic heterocycles. The van der Waals surface area contributed by atoms with E-state index in [9.17, 15) is 4.79 Å². The first kappa shape index (κ1) is 21.7. The zero-order chi connectivity index (χ0) is 24.9. The van der Waals surface area contributed by atoms with Crippen molar-refractivity contribution in [2.75, 3.05) is 5.32 Å². The SMILES string of the molecule is CC(C)(C)C(=O)Nc1cncc(-c2ccc3[nH]nc(-c4nc5c(-c6ccoc6)nccc5[nH]4)c3n2)c1. The van der Waals surface area contributed by atoms with E-state index in [1.807, 2.05) is 51.1 Å². The first-order valence-electron chi connectivity index (χ1n) is 11.4. The second-order valence-corrected chi connectivity index (χ2v) is 9.48. The van der Waals surface area contributed by atoms with Gasteiger partial charge in [-0.3, -0.25) is 19.9 Å². The number of anilines is 1. The standard InChI is InChI=1S/C26H22N8O2/c1-26(2,3)25(35)29-16-10-15(11-27-12-16)17-4-5-19-22(30-17)23(34-33-19)24-31-18-6-8-28-20(21(18)32-24)14-7-9-36-13-14/h4-13H,1-3H3,(H,29,35)(H,31,32)(H,33,34). The Morgan fingerprint density at radius 3 is 2.64 bits per heavy atom. The molecular formula is C26H22N8O2. The van der Waals surface area contributed by atoms with Crippen LogP contribution in [-0.2, 0) is 4.79 Å². The molecule has 178 valence electrons. The van der Waals surface area contributed by atoms with E-state index in [4.69, 9.17) is 14.4 Å². The van der Waals surface area contributed by atoms with Gasteiger partial charge in [0.2, 0.25) is 5.91 Å². The van der Waals surface area contributed by atoms with Crippen LogP contribution >= 0.6 is 0 Å². The molecular weight excluding hydrogens is 456 g/mol. The predicted octanol–water partition coefficient (Wildman–Crippen LogP) is 5.20. The van der Waals surface area contributed by atoms with Crippen molar-refractivity contribution >= 4 is 33.7 Å². The second-order valence-electron chi connectivity index (χ2n) is 9.48. The van der Waals surface area contributed by atoms with Gasteiger partial charge in [-0.25, -0.2) is 9.97 Å². The average Bonchev–Trinajstić information content (AvgIpc) is 3.62. The molecule has 0 spiro atoms. The van der Waals surface area contributed by atoms with Gasteiger partial charge < -0.3 is 14.7 Å². The summed E-state index contributed by atoms with van der Waals surface area (Å²) >= 11 is 0. The summed E-state index contributed by atoms with van der Waals surface area (Å²) in [5.41, 5.74) is 6.69. The van der Waals surface area contributed by atoms with Crippen LogP contribution in [0.15, 0.2) is 65.9 Å². The van der Waals surface area contributed by atoms with Crippen LogP contribution in [0, 0.1) is 5.41 Å². The van der Waals surface area contributed by atoms with E-state index in [1.54, 1.807) is 31.1 Å². The van der Waals surface area contributed by atoms with Crippen LogP contribution in [0.1, 0.15) is 20.8 Å². The van der Waals surface area contributed by atoms with Crippen LogP contribution < -0.4 is 5.32 Å². The Morgan fingerprint density at radius 1 is 0.972 bits per heavy atom. The number of hydrogen-bond acceptors (Lipinski definition) is 7. The van der Waals surface area contributed by atoms with E-state index in [0.717, 1.165) is 27.9 Å². The minimum Gasteiger partial charge on any atom is -0.472 e. The molecule has 0 aromatic carbocycles. The fourth-order valence-electron chi connectivity index (χ4n) is 3.85. The van der Waals surface area contributed by atoms with Gasteiger partial charge in [-0.15, -0.1) is 0 Å². The first-order valence-corrected chi connectivity index (χ1v) is 11.4. The number of carbonyl (C=O) groups is 1. The lowest BCUT2D eigenvalue weighted by molar-refractivity contribution is -0.123. The molecule has 0 saturated heterocycles. The molecule has 0 unspecified atom stereocenters. The van der Waals surface area contributed by atoms with Crippen LogP contribution in [0.5, 0.6) is 0 Å². The van der Waals surface area contributed by atoms with Gasteiger partial charge in [0, 0.05) is 28.9 Å². The molecule has 0 saturated carbocycles. The summed E-state index contributed by atoms with van der Waals surface area (Å²) in [4.78, 5) is 34.2. The maximum absolute atomic E-state index is 12.4. The molecule has 6 heterocycles. The highest BCUT2D eigenvalue weighted by atomic mass is 16.3. The van der Waals surface area contributed by atoms with Crippen molar-refractivity contribution in [3.05, 3.63) is 61.4 Å². The number of nitrogens with one attached hydrogen (secondary N) is 3. The maximum Gasteiger partial charge on any atom is 0.229 e. The van der Waals surface area contributed by atoms with Crippen molar-refractivity contribution in [3.8, 4) is 34.0 Å². The lowest BCUT2D eigenvalue weighted by Crippen LogP contribution is -2.27. The molecule has 10 nitrogen and oxygen atoms in total. The highest BCUT2D eigenvalue weighted by Crippen LogP contribution is 2.31. The molecule has 6 aromatic rings. The number of furan rings is 1. The zero-order valence-corrected chi connectivity index (χ0v) is 19.8. The Hall–Kier alpha value is -4.86. The van der Waals surface area contributed by atoms with E-state index in [1.165, 1.54) is 0 Å². The minimum absolute atomic E-state index is 0.0869. The fraction of sp³-hybridized carbons (Fsp3) is 0.154. The van der Waals surface area contributed by atoms with Crippen LogP contribution in [-0.4, -0.2) is 41.0 Å². The molecule has 0 aliphatic carbocycles. The van der Waals surface area contributed by atoms with Gasteiger partial charge in [-0.05, 0) is 30.3 Å². The van der Waals surface area contributed by atoms with Gasteiger partial charge in [-0.2, -0.15) is 5.10 Å². The summed E-state index contributed by atoms with van der Waals surface area (Å²) in [6.45, 7) is 5.59. The number of amides is 1. The number of aromatic amines is 2. The van der Waals surface area contributed by atoms with Gasteiger partial charge in [0.15, 0.2) is 11.5 Å². The van der Waals surface area contributed by atoms with Crippen molar-refractivity contribution in [1.82, 2.24) is 35.1 Å². The summed E-state index contributed by atoms with van der Waals surface area (Å²) in [6, 6.07) is 9.37. The average molecular weight is 479 g/mol. The van der Waals surface area contributed by atoms with Crippen LogP contribution in [0.2, 0.25) is 0 Å². The summed E-state index contributed by atoms with van der Waals surface area (Å²) < 4.78 is 5.22. The molecule has 0 atom stereocenters. The summed E-state index contributed by atoms with van der Waals surface area (Å²) in [5, 5.41) is 10.4. The molecule has 6 rings (SSSR count). The lowest BCUT2D eigenvalue weighted by atomic mass is 9.95. The molecule has 0 radical (unpaired) electrons. The van der Waals surface area contributed by atoms with Crippen molar-refractivity contribution < 1.29 is 9.21 Å². The van der Waals surface area contributed by atoms with E-state index in [2.05, 4.69) is 30.5 Å². The number of pyridine rings is 3.